The highest BCUT2D eigenvalue weighted by atomic mass is 19.3. The van der Waals surface area contributed by atoms with Gasteiger partial charge in [-0.2, -0.15) is 0 Å². The SMILES string of the molecule is O=C(O)C[C@@H]1CC(F)(F)CN1C(=O)OCC1c2ccccc2-c2ccccc21. The van der Waals surface area contributed by atoms with Gasteiger partial charge in [-0.25, -0.2) is 13.6 Å². The Hall–Kier alpha value is -2.96. The van der Waals surface area contributed by atoms with E-state index in [9.17, 15) is 18.4 Å². The normalized spacial score (nSPS) is 19.9. The molecule has 1 heterocycles. The number of carbonyl (C=O) groups is 2. The zero-order valence-corrected chi connectivity index (χ0v) is 15.0. The Kier molecular flexibility index (Phi) is 4.53. The first-order valence-electron chi connectivity index (χ1n) is 9.07. The lowest BCUT2D eigenvalue weighted by molar-refractivity contribution is -0.138. The molecule has 28 heavy (non-hydrogen) atoms. The lowest BCUT2D eigenvalue weighted by atomic mass is 9.98. The van der Waals surface area contributed by atoms with E-state index >= 15 is 0 Å². The van der Waals surface area contributed by atoms with E-state index in [1.165, 1.54) is 0 Å². The fraction of sp³-hybridized carbons (Fsp3) is 0.333. The number of likely N-dealkylation sites (tertiary alicyclic amines) is 1. The number of fused-ring (bicyclic) bond motifs is 3. The number of carboxylic acid groups (broad SMARTS) is 1. The van der Waals surface area contributed by atoms with Crippen molar-refractivity contribution in [2.45, 2.75) is 30.7 Å². The molecular weight excluding hydrogens is 368 g/mol. The first-order valence-corrected chi connectivity index (χ1v) is 9.07. The van der Waals surface area contributed by atoms with Crippen molar-refractivity contribution in [1.29, 1.82) is 0 Å². The molecule has 2 aromatic carbocycles. The number of aliphatic carboxylic acids is 1. The Morgan fingerprint density at radius 2 is 1.64 bits per heavy atom. The number of ether oxygens (including phenoxy) is 1. The average Bonchev–Trinajstić information content (AvgIpc) is 3.13. The predicted octanol–water partition coefficient (Wildman–Crippen LogP) is 4.12. The van der Waals surface area contributed by atoms with Crippen LogP contribution in [0.4, 0.5) is 13.6 Å². The molecule has 1 atom stereocenters. The molecule has 7 heteroatoms. The second-order valence-corrected chi connectivity index (χ2v) is 7.24. The predicted molar refractivity (Wildman–Crippen MR) is 97.4 cm³/mol. The Balaban J connectivity index is 1.51. The third-order valence-corrected chi connectivity index (χ3v) is 5.36. The fourth-order valence-electron chi connectivity index (χ4n) is 4.17. The highest BCUT2D eigenvalue weighted by Gasteiger charge is 2.48. The maximum absolute atomic E-state index is 13.7. The summed E-state index contributed by atoms with van der Waals surface area (Å²) in [5.74, 6) is -4.51. The van der Waals surface area contributed by atoms with Gasteiger partial charge in [0, 0.05) is 12.3 Å². The molecule has 146 valence electrons. The third kappa shape index (κ3) is 3.32. The number of benzene rings is 2. The van der Waals surface area contributed by atoms with Gasteiger partial charge in [0.25, 0.3) is 5.92 Å². The zero-order valence-electron chi connectivity index (χ0n) is 15.0. The van der Waals surface area contributed by atoms with Crippen molar-refractivity contribution in [1.82, 2.24) is 4.90 Å². The van der Waals surface area contributed by atoms with Gasteiger partial charge in [-0.05, 0) is 22.3 Å². The second-order valence-electron chi connectivity index (χ2n) is 7.24. The number of amides is 1. The lowest BCUT2D eigenvalue weighted by Crippen LogP contribution is -2.38. The summed E-state index contributed by atoms with van der Waals surface area (Å²) in [6.07, 6.45) is -2.09. The van der Waals surface area contributed by atoms with Crippen LogP contribution in [0.2, 0.25) is 0 Å². The molecule has 1 aliphatic heterocycles. The minimum atomic E-state index is -3.11. The molecule has 2 aliphatic rings. The van der Waals surface area contributed by atoms with Crippen LogP contribution in [0.5, 0.6) is 0 Å². The van der Waals surface area contributed by atoms with Gasteiger partial charge < -0.3 is 9.84 Å². The summed E-state index contributed by atoms with van der Waals surface area (Å²) in [6.45, 7) is -0.809. The molecule has 0 unspecified atom stereocenters. The van der Waals surface area contributed by atoms with E-state index in [1.54, 1.807) is 0 Å². The van der Waals surface area contributed by atoms with Crippen molar-refractivity contribution in [3.05, 3.63) is 59.7 Å². The van der Waals surface area contributed by atoms with Crippen LogP contribution in [0, 0.1) is 0 Å². The number of carboxylic acids is 1. The van der Waals surface area contributed by atoms with E-state index < -0.39 is 43.4 Å². The molecule has 1 aliphatic carbocycles. The molecular formula is C21H19F2NO4. The number of halogens is 2. The molecule has 0 aromatic heterocycles. The van der Waals surface area contributed by atoms with Crippen LogP contribution < -0.4 is 0 Å². The highest BCUT2D eigenvalue weighted by Crippen LogP contribution is 2.44. The number of hydrogen-bond acceptors (Lipinski definition) is 3. The van der Waals surface area contributed by atoms with Crippen LogP contribution in [0.25, 0.3) is 11.1 Å². The van der Waals surface area contributed by atoms with Gasteiger partial charge in [-0.1, -0.05) is 48.5 Å². The van der Waals surface area contributed by atoms with Gasteiger partial charge in [0.05, 0.1) is 19.0 Å². The molecule has 0 spiro atoms. The summed E-state index contributed by atoms with van der Waals surface area (Å²) < 4.78 is 32.9. The lowest BCUT2D eigenvalue weighted by Gasteiger charge is -2.23. The Morgan fingerprint density at radius 3 is 2.21 bits per heavy atom. The maximum Gasteiger partial charge on any atom is 0.410 e. The molecule has 0 bridgehead atoms. The number of alkyl halides is 2. The summed E-state index contributed by atoms with van der Waals surface area (Å²) in [5.41, 5.74) is 4.17. The van der Waals surface area contributed by atoms with Crippen LogP contribution in [0.15, 0.2) is 48.5 Å². The average molecular weight is 387 g/mol. The Morgan fingerprint density at radius 1 is 1.07 bits per heavy atom. The molecule has 1 saturated heterocycles. The zero-order chi connectivity index (χ0) is 19.9. The van der Waals surface area contributed by atoms with Gasteiger partial charge in [0.1, 0.15) is 6.61 Å². The van der Waals surface area contributed by atoms with Crippen molar-refractivity contribution in [2.75, 3.05) is 13.2 Å². The summed E-state index contributed by atoms with van der Waals surface area (Å²) in [7, 11) is 0. The van der Waals surface area contributed by atoms with Crippen molar-refractivity contribution in [3.8, 4) is 11.1 Å². The molecule has 4 rings (SSSR count). The second kappa shape index (κ2) is 6.89. The minimum Gasteiger partial charge on any atom is -0.481 e. The summed E-state index contributed by atoms with van der Waals surface area (Å²) in [5, 5.41) is 8.94. The molecule has 1 fully saturated rings. The van der Waals surface area contributed by atoms with Crippen molar-refractivity contribution in [3.63, 3.8) is 0 Å². The van der Waals surface area contributed by atoms with Gasteiger partial charge in [-0.15, -0.1) is 0 Å². The molecule has 1 amide bonds. The van der Waals surface area contributed by atoms with Gasteiger partial charge in [-0.3, -0.25) is 9.69 Å². The molecule has 0 radical (unpaired) electrons. The number of hydrogen-bond donors (Lipinski definition) is 1. The van der Waals surface area contributed by atoms with Gasteiger partial charge in [0.15, 0.2) is 0 Å². The third-order valence-electron chi connectivity index (χ3n) is 5.36. The van der Waals surface area contributed by atoms with Crippen LogP contribution in [-0.4, -0.2) is 47.2 Å². The van der Waals surface area contributed by atoms with E-state index in [-0.39, 0.29) is 12.5 Å². The Labute approximate surface area is 160 Å². The number of carbonyl (C=O) groups excluding carboxylic acids is 1. The van der Waals surface area contributed by atoms with Crippen LogP contribution in [-0.2, 0) is 9.53 Å². The number of nitrogens with zero attached hydrogens (tertiary/aromatic N) is 1. The highest BCUT2D eigenvalue weighted by molar-refractivity contribution is 5.79. The summed E-state index contributed by atoms with van der Waals surface area (Å²) >= 11 is 0. The van der Waals surface area contributed by atoms with Crippen LogP contribution in [0.1, 0.15) is 29.9 Å². The Bertz CT molecular complexity index is 885. The monoisotopic (exact) mass is 387 g/mol. The van der Waals surface area contributed by atoms with E-state index in [4.69, 9.17) is 9.84 Å². The maximum atomic E-state index is 13.7. The first kappa shape index (κ1) is 18.4. The van der Waals surface area contributed by atoms with Crippen LogP contribution in [0.3, 0.4) is 0 Å². The van der Waals surface area contributed by atoms with Gasteiger partial charge in [0.2, 0.25) is 0 Å². The topological polar surface area (TPSA) is 66.8 Å². The van der Waals surface area contributed by atoms with E-state index in [1.807, 2.05) is 48.5 Å². The largest absolute Gasteiger partial charge is 0.481 e. The summed E-state index contributed by atoms with van der Waals surface area (Å²) in [4.78, 5) is 24.3. The smallest absolute Gasteiger partial charge is 0.410 e. The molecule has 5 nitrogen and oxygen atoms in total. The van der Waals surface area contributed by atoms with Gasteiger partial charge >= 0.3 is 12.1 Å². The summed E-state index contributed by atoms with van der Waals surface area (Å²) in [6, 6.07) is 14.5. The van der Waals surface area contributed by atoms with E-state index in [2.05, 4.69) is 0 Å². The van der Waals surface area contributed by atoms with Crippen molar-refractivity contribution < 1.29 is 28.2 Å². The standard InChI is InChI=1S/C21H19F2NO4/c22-21(23)10-13(9-19(25)26)24(12-21)20(27)28-11-18-16-7-3-1-5-14(16)15-6-2-4-8-17(15)18/h1-8,13,18H,9-12H2,(H,25,26)/t13-/m1/s1. The van der Waals surface area contributed by atoms with Crippen molar-refractivity contribution in [2.24, 2.45) is 0 Å². The van der Waals surface area contributed by atoms with E-state index in [0.717, 1.165) is 27.2 Å². The first-order chi connectivity index (χ1) is 13.4. The van der Waals surface area contributed by atoms with Crippen LogP contribution >= 0.6 is 0 Å². The minimum absolute atomic E-state index is 0.00865. The molecule has 2 aromatic rings. The van der Waals surface area contributed by atoms with Crippen molar-refractivity contribution >= 4 is 12.1 Å². The number of rotatable bonds is 4. The fourth-order valence-corrected chi connectivity index (χ4v) is 4.17. The molecule has 1 N–H and O–H groups in total. The quantitative estimate of drug-likeness (QED) is 0.857. The molecule has 0 saturated carbocycles. The van der Waals surface area contributed by atoms with E-state index in [0.29, 0.717) is 0 Å².